The van der Waals surface area contributed by atoms with Crippen LogP contribution in [0.5, 0.6) is 0 Å². The Labute approximate surface area is 197 Å². The molecule has 2 amide bonds. The number of fused-ring (bicyclic) bond motifs is 1. The number of aromatic amines is 1. The molecule has 0 saturated heterocycles. The normalized spacial score (nSPS) is 14.2. The van der Waals surface area contributed by atoms with Crippen molar-refractivity contribution in [2.24, 2.45) is 0 Å². The van der Waals surface area contributed by atoms with E-state index in [1.54, 1.807) is 43.6 Å². The second-order valence-corrected chi connectivity index (χ2v) is 8.04. The number of nitrogens with zero attached hydrogens (tertiary/aromatic N) is 2. The summed E-state index contributed by atoms with van der Waals surface area (Å²) in [5, 5.41) is 5.36. The Kier molecular flexibility index (Phi) is 5.28. The highest BCUT2D eigenvalue weighted by Crippen LogP contribution is 2.35. The standard InChI is InChI=1S/C25H18F3N5O2/c1-14-12-33(13-30-14)19-8-15(7-16(9-19)25(26,27)28)23(34)31-18-4-5-20-21(10-17-3-2-6-29-17)24(35)32-22(20)11-18/h2-13,29H,1H3,(H,31,34)(H,32,35). The van der Waals surface area contributed by atoms with Gasteiger partial charge in [-0.05, 0) is 55.5 Å². The molecule has 1 aliphatic heterocycles. The van der Waals surface area contributed by atoms with Gasteiger partial charge in [0.1, 0.15) is 0 Å². The van der Waals surface area contributed by atoms with E-state index in [0.717, 1.165) is 17.8 Å². The number of H-pyrrole nitrogens is 1. The van der Waals surface area contributed by atoms with Crippen molar-refractivity contribution in [1.29, 1.82) is 0 Å². The van der Waals surface area contributed by atoms with Gasteiger partial charge in [-0.25, -0.2) is 4.98 Å². The molecular weight excluding hydrogens is 459 g/mol. The van der Waals surface area contributed by atoms with Gasteiger partial charge >= 0.3 is 6.18 Å². The predicted octanol–water partition coefficient (Wildman–Crippen LogP) is 5.27. The van der Waals surface area contributed by atoms with Crippen molar-refractivity contribution in [2.75, 3.05) is 10.6 Å². The largest absolute Gasteiger partial charge is 0.416 e. The first-order chi connectivity index (χ1) is 16.7. The summed E-state index contributed by atoms with van der Waals surface area (Å²) in [5.41, 5.74) is 2.34. The molecule has 0 saturated carbocycles. The molecular formula is C25H18F3N5O2. The van der Waals surface area contributed by atoms with Crippen molar-refractivity contribution in [3.8, 4) is 5.69 Å². The first-order valence-corrected chi connectivity index (χ1v) is 10.5. The van der Waals surface area contributed by atoms with E-state index in [1.165, 1.54) is 17.0 Å². The van der Waals surface area contributed by atoms with Crippen LogP contribution in [0.3, 0.4) is 0 Å². The molecule has 3 N–H and O–H groups in total. The van der Waals surface area contributed by atoms with Gasteiger partial charge in [0.25, 0.3) is 11.8 Å². The van der Waals surface area contributed by atoms with E-state index in [0.29, 0.717) is 28.2 Å². The lowest BCUT2D eigenvalue weighted by atomic mass is 10.0. The fourth-order valence-electron chi connectivity index (χ4n) is 3.83. The predicted molar refractivity (Wildman–Crippen MR) is 125 cm³/mol. The number of aryl methyl sites for hydroxylation is 1. The van der Waals surface area contributed by atoms with E-state index in [2.05, 4.69) is 20.6 Å². The molecule has 2 aromatic carbocycles. The van der Waals surface area contributed by atoms with Crippen LogP contribution < -0.4 is 10.6 Å². The zero-order valence-corrected chi connectivity index (χ0v) is 18.3. The third-order valence-corrected chi connectivity index (χ3v) is 5.50. The molecule has 0 aliphatic carbocycles. The minimum atomic E-state index is -4.64. The highest BCUT2D eigenvalue weighted by atomic mass is 19.4. The Bertz CT molecular complexity index is 1480. The van der Waals surface area contributed by atoms with Crippen molar-refractivity contribution < 1.29 is 22.8 Å². The molecule has 7 nitrogen and oxygen atoms in total. The van der Waals surface area contributed by atoms with Gasteiger partial charge in [-0.3, -0.25) is 9.59 Å². The van der Waals surface area contributed by atoms with E-state index >= 15 is 0 Å². The van der Waals surface area contributed by atoms with Crippen molar-refractivity contribution >= 4 is 34.8 Å². The first kappa shape index (κ1) is 22.2. The van der Waals surface area contributed by atoms with E-state index in [-0.39, 0.29) is 17.2 Å². The molecule has 5 rings (SSSR count). The van der Waals surface area contributed by atoms with E-state index in [4.69, 9.17) is 0 Å². The van der Waals surface area contributed by atoms with Gasteiger partial charge in [0.05, 0.1) is 28.8 Å². The minimum Gasteiger partial charge on any atom is -0.362 e. The molecule has 0 radical (unpaired) electrons. The zero-order valence-electron chi connectivity index (χ0n) is 18.3. The van der Waals surface area contributed by atoms with Gasteiger partial charge in [0.2, 0.25) is 0 Å². The van der Waals surface area contributed by atoms with Gasteiger partial charge in [-0.15, -0.1) is 0 Å². The maximum absolute atomic E-state index is 13.5. The number of aromatic nitrogens is 3. The Morgan fingerprint density at radius 2 is 1.97 bits per heavy atom. The molecule has 1 aliphatic rings. The number of halogens is 3. The highest BCUT2D eigenvalue weighted by molar-refractivity contribution is 6.35. The van der Waals surface area contributed by atoms with E-state index in [9.17, 15) is 22.8 Å². The van der Waals surface area contributed by atoms with Crippen molar-refractivity contribution in [3.63, 3.8) is 0 Å². The lowest BCUT2D eigenvalue weighted by Gasteiger charge is -2.13. The second kappa shape index (κ2) is 8.32. The average Bonchev–Trinajstić information content (AvgIpc) is 3.54. The minimum absolute atomic E-state index is 0.158. The lowest BCUT2D eigenvalue weighted by molar-refractivity contribution is -0.137. The van der Waals surface area contributed by atoms with E-state index < -0.39 is 17.6 Å². The molecule has 0 bridgehead atoms. The molecule has 0 fully saturated rings. The number of anilines is 2. The number of nitrogens with one attached hydrogen (secondary N) is 3. The summed E-state index contributed by atoms with van der Waals surface area (Å²) in [6.45, 7) is 1.71. The number of rotatable bonds is 4. The molecule has 0 atom stereocenters. The third-order valence-electron chi connectivity index (χ3n) is 5.50. The van der Waals surface area contributed by atoms with Crippen LogP contribution in [-0.2, 0) is 11.0 Å². The number of hydrogen-bond acceptors (Lipinski definition) is 3. The summed E-state index contributed by atoms with van der Waals surface area (Å²) in [6.07, 6.45) is 1.76. The lowest BCUT2D eigenvalue weighted by Crippen LogP contribution is -2.15. The molecule has 2 aromatic heterocycles. The van der Waals surface area contributed by atoms with Crippen LogP contribution in [0.4, 0.5) is 24.5 Å². The average molecular weight is 477 g/mol. The summed E-state index contributed by atoms with van der Waals surface area (Å²) in [7, 11) is 0. The second-order valence-electron chi connectivity index (χ2n) is 8.04. The number of amides is 2. The Morgan fingerprint density at radius 1 is 1.14 bits per heavy atom. The smallest absolute Gasteiger partial charge is 0.362 e. The maximum Gasteiger partial charge on any atom is 0.416 e. The molecule has 0 spiro atoms. The Balaban J connectivity index is 1.44. The van der Waals surface area contributed by atoms with Gasteiger partial charge in [0.15, 0.2) is 0 Å². The number of carbonyl (C=O) groups excluding carboxylic acids is 2. The van der Waals surface area contributed by atoms with Crippen molar-refractivity contribution in [3.05, 3.63) is 95.3 Å². The van der Waals surface area contributed by atoms with Crippen LogP contribution in [0.15, 0.2) is 67.3 Å². The first-order valence-electron chi connectivity index (χ1n) is 10.5. The Morgan fingerprint density at radius 3 is 2.66 bits per heavy atom. The van der Waals surface area contributed by atoms with Crippen molar-refractivity contribution in [1.82, 2.24) is 14.5 Å². The molecule has 3 heterocycles. The molecule has 0 unspecified atom stereocenters. The summed E-state index contributed by atoms with van der Waals surface area (Å²) in [4.78, 5) is 32.4. The Hall–Kier alpha value is -4.60. The van der Waals surface area contributed by atoms with Gasteiger partial charge < -0.3 is 20.2 Å². The quantitative estimate of drug-likeness (QED) is 0.350. The summed E-state index contributed by atoms with van der Waals surface area (Å²) >= 11 is 0. The number of alkyl halides is 3. The van der Waals surface area contributed by atoms with Gasteiger partial charge in [-0.2, -0.15) is 13.2 Å². The summed E-state index contributed by atoms with van der Waals surface area (Å²) in [6, 6.07) is 11.6. The van der Waals surface area contributed by atoms with E-state index in [1.807, 2.05) is 12.1 Å². The number of imidazole rings is 1. The molecule has 4 aromatic rings. The van der Waals surface area contributed by atoms with Crippen LogP contribution >= 0.6 is 0 Å². The number of benzene rings is 2. The topological polar surface area (TPSA) is 91.8 Å². The molecule has 176 valence electrons. The zero-order chi connectivity index (χ0) is 24.7. The fourth-order valence-corrected chi connectivity index (χ4v) is 3.83. The van der Waals surface area contributed by atoms with Gasteiger partial charge in [0, 0.05) is 40.6 Å². The number of hydrogen-bond donors (Lipinski definition) is 3. The van der Waals surface area contributed by atoms with Crippen LogP contribution in [0.2, 0.25) is 0 Å². The fraction of sp³-hybridized carbons (Fsp3) is 0.0800. The van der Waals surface area contributed by atoms with Crippen LogP contribution in [-0.4, -0.2) is 26.3 Å². The SMILES string of the molecule is Cc1cn(-c2cc(C(=O)Nc3ccc4c(c3)NC(=O)C4=Cc3ccc[nH]3)cc(C(F)(F)F)c2)cn1. The molecule has 10 heteroatoms. The molecule has 35 heavy (non-hydrogen) atoms. The third kappa shape index (κ3) is 4.45. The van der Waals surface area contributed by atoms with Crippen molar-refractivity contribution in [2.45, 2.75) is 13.1 Å². The monoisotopic (exact) mass is 477 g/mol. The number of carbonyl (C=O) groups is 2. The van der Waals surface area contributed by atoms with Crippen LogP contribution in [0, 0.1) is 6.92 Å². The van der Waals surface area contributed by atoms with Crippen LogP contribution in [0.25, 0.3) is 17.3 Å². The van der Waals surface area contributed by atoms with Crippen LogP contribution in [0.1, 0.15) is 32.9 Å². The highest BCUT2D eigenvalue weighted by Gasteiger charge is 2.32. The summed E-state index contributed by atoms with van der Waals surface area (Å²) < 4.78 is 42.0. The summed E-state index contributed by atoms with van der Waals surface area (Å²) in [5.74, 6) is -1.02. The maximum atomic E-state index is 13.5. The van der Waals surface area contributed by atoms with Gasteiger partial charge in [-0.1, -0.05) is 6.07 Å².